The quantitative estimate of drug-likeness (QED) is 0.801. The molecule has 0 aliphatic carbocycles. The number of carbonyl (C=O) groups excluding carboxylic acids is 1. The van der Waals surface area contributed by atoms with Gasteiger partial charge >= 0.3 is 0 Å². The van der Waals surface area contributed by atoms with Crippen molar-refractivity contribution in [3.05, 3.63) is 0 Å². The highest BCUT2D eigenvalue weighted by molar-refractivity contribution is 5.74. The molecule has 2 saturated heterocycles. The van der Waals surface area contributed by atoms with Gasteiger partial charge in [-0.1, -0.05) is 0 Å². The molecular weight excluding hydrogens is 264 g/mol. The standard InChI is InChI=1S/C13H20N2O5/c1-7(16)15-13(4,6-14)10-8-9(11(17-5)18-10)20-12(2,3)19-8/h8-11H,1-5H3,(H,15,16)/t8-,9+,10+,11+,13+/m1/s1. The number of fused-ring (bicyclic) bond motifs is 1. The van der Waals surface area contributed by atoms with Crippen molar-refractivity contribution in [1.82, 2.24) is 5.32 Å². The Morgan fingerprint density at radius 2 is 2.00 bits per heavy atom. The van der Waals surface area contributed by atoms with E-state index in [4.69, 9.17) is 18.9 Å². The summed E-state index contributed by atoms with van der Waals surface area (Å²) in [6, 6.07) is 2.09. The van der Waals surface area contributed by atoms with E-state index in [1.165, 1.54) is 14.0 Å². The van der Waals surface area contributed by atoms with E-state index in [1.807, 2.05) is 0 Å². The fraction of sp³-hybridized carbons (Fsp3) is 0.846. The third-order valence-corrected chi connectivity index (χ3v) is 3.48. The van der Waals surface area contributed by atoms with Gasteiger partial charge in [-0.3, -0.25) is 4.79 Å². The highest BCUT2D eigenvalue weighted by Crippen LogP contribution is 2.41. The number of nitrogens with zero attached hydrogens (tertiary/aromatic N) is 1. The zero-order valence-corrected chi connectivity index (χ0v) is 12.3. The Bertz CT molecular complexity index is 447. The van der Waals surface area contributed by atoms with E-state index < -0.39 is 35.9 Å². The molecule has 1 N–H and O–H groups in total. The molecule has 0 radical (unpaired) electrons. The Labute approximate surface area is 118 Å². The number of hydrogen-bond acceptors (Lipinski definition) is 6. The lowest BCUT2D eigenvalue weighted by Crippen LogP contribution is -2.57. The molecule has 2 heterocycles. The highest BCUT2D eigenvalue weighted by atomic mass is 16.8. The molecule has 2 fully saturated rings. The SMILES string of the molecule is CO[C@H]1O[C@H]([C@](C)(C#N)NC(C)=O)[C@@H]2OC(C)(C)O[C@H]12. The van der Waals surface area contributed by atoms with Gasteiger partial charge in [-0.2, -0.15) is 5.26 Å². The summed E-state index contributed by atoms with van der Waals surface area (Å²) in [4.78, 5) is 11.3. The Hall–Kier alpha value is -1.20. The molecule has 0 unspecified atom stereocenters. The van der Waals surface area contributed by atoms with Gasteiger partial charge in [-0.05, 0) is 20.8 Å². The molecule has 0 aromatic carbocycles. The van der Waals surface area contributed by atoms with Gasteiger partial charge in [0.05, 0.1) is 6.07 Å². The number of rotatable bonds is 3. The van der Waals surface area contributed by atoms with E-state index >= 15 is 0 Å². The van der Waals surface area contributed by atoms with Crippen molar-refractivity contribution in [2.24, 2.45) is 0 Å². The number of nitrogens with one attached hydrogen (secondary N) is 1. The van der Waals surface area contributed by atoms with E-state index in [0.717, 1.165) is 0 Å². The van der Waals surface area contributed by atoms with Gasteiger partial charge in [0.15, 0.2) is 17.6 Å². The van der Waals surface area contributed by atoms with Crippen LogP contribution in [0.5, 0.6) is 0 Å². The van der Waals surface area contributed by atoms with E-state index in [-0.39, 0.29) is 5.91 Å². The molecule has 2 rings (SSSR count). The fourth-order valence-corrected chi connectivity index (χ4v) is 2.74. The number of carbonyl (C=O) groups is 1. The van der Waals surface area contributed by atoms with Crippen molar-refractivity contribution in [2.75, 3.05) is 7.11 Å². The predicted molar refractivity (Wildman–Crippen MR) is 67.3 cm³/mol. The lowest BCUT2D eigenvalue weighted by molar-refractivity contribution is -0.232. The maximum absolute atomic E-state index is 11.3. The van der Waals surface area contributed by atoms with Crippen LogP contribution >= 0.6 is 0 Å². The lowest BCUT2D eigenvalue weighted by atomic mass is 9.91. The molecular formula is C13H20N2O5. The molecule has 20 heavy (non-hydrogen) atoms. The number of ether oxygens (including phenoxy) is 4. The van der Waals surface area contributed by atoms with Crippen LogP contribution in [0.2, 0.25) is 0 Å². The van der Waals surface area contributed by atoms with Crippen LogP contribution in [0.15, 0.2) is 0 Å². The van der Waals surface area contributed by atoms with Crippen molar-refractivity contribution in [3.63, 3.8) is 0 Å². The van der Waals surface area contributed by atoms with Gasteiger partial charge in [0.1, 0.15) is 18.3 Å². The summed E-state index contributed by atoms with van der Waals surface area (Å²) in [5.74, 6) is -1.09. The highest BCUT2D eigenvalue weighted by Gasteiger charge is 2.60. The van der Waals surface area contributed by atoms with Crippen LogP contribution in [0.3, 0.4) is 0 Å². The lowest BCUT2D eigenvalue weighted by Gasteiger charge is -2.32. The van der Waals surface area contributed by atoms with E-state index in [0.29, 0.717) is 0 Å². The minimum absolute atomic E-state index is 0.312. The second kappa shape index (κ2) is 4.97. The first kappa shape index (κ1) is 15.2. The van der Waals surface area contributed by atoms with Crippen molar-refractivity contribution in [2.45, 2.75) is 63.6 Å². The van der Waals surface area contributed by atoms with Gasteiger partial charge in [0.2, 0.25) is 5.91 Å². The summed E-state index contributed by atoms with van der Waals surface area (Å²) in [7, 11) is 1.50. The Balaban J connectivity index is 2.28. The first-order valence-corrected chi connectivity index (χ1v) is 6.46. The van der Waals surface area contributed by atoms with Crippen LogP contribution in [0, 0.1) is 11.3 Å². The zero-order valence-electron chi connectivity index (χ0n) is 12.3. The normalized spacial score (nSPS) is 37.8. The van der Waals surface area contributed by atoms with Crippen LogP contribution in [0.1, 0.15) is 27.7 Å². The minimum Gasteiger partial charge on any atom is -0.353 e. The van der Waals surface area contributed by atoms with Crippen molar-refractivity contribution in [3.8, 4) is 6.07 Å². The van der Waals surface area contributed by atoms with Crippen molar-refractivity contribution in [1.29, 1.82) is 5.26 Å². The van der Waals surface area contributed by atoms with Gasteiger partial charge in [-0.15, -0.1) is 0 Å². The molecule has 7 heteroatoms. The van der Waals surface area contributed by atoms with Crippen molar-refractivity contribution >= 4 is 5.91 Å². The summed E-state index contributed by atoms with van der Waals surface area (Å²) in [6.07, 6.45) is -2.21. The number of methoxy groups -OCH3 is 1. The molecule has 5 atom stereocenters. The van der Waals surface area contributed by atoms with E-state index in [2.05, 4.69) is 11.4 Å². The molecule has 0 aromatic rings. The topological polar surface area (TPSA) is 89.8 Å². The van der Waals surface area contributed by atoms with Crippen LogP contribution in [0.25, 0.3) is 0 Å². The first-order chi connectivity index (χ1) is 9.22. The third-order valence-electron chi connectivity index (χ3n) is 3.48. The zero-order chi connectivity index (χ0) is 15.1. The average molecular weight is 284 g/mol. The molecule has 7 nitrogen and oxygen atoms in total. The average Bonchev–Trinajstić information content (AvgIpc) is 2.81. The summed E-state index contributed by atoms with van der Waals surface area (Å²) >= 11 is 0. The fourth-order valence-electron chi connectivity index (χ4n) is 2.74. The van der Waals surface area contributed by atoms with Crippen LogP contribution in [0.4, 0.5) is 0 Å². The van der Waals surface area contributed by atoms with Crippen LogP contribution < -0.4 is 5.32 Å². The minimum atomic E-state index is -1.22. The van der Waals surface area contributed by atoms with Crippen LogP contribution in [-0.2, 0) is 23.7 Å². The molecule has 0 aromatic heterocycles. The number of hydrogen-bond donors (Lipinski definition) is 1. The van der Waals surface area contributed by atoms with Gasteiger partial charge in [0, 0.05) is 14.0 Å². The van der Waals surface area contributed by atoms with Gasteiger partial charge in [0.25, 0.3) is 0 Å². The first-order valence-electron chi connectivity index (χ1n) is 6.46. The number of amides is 1. The molecule has 112 valence electrons. The Morgan fingerprint density at radius 1 is 1.40 bits per heavy atom. The Kier molecular flexibility index (Phi) is 3.77. The smallest absolute Gasteiger partial charge is 0.218 e. The van der Waals surface area contributed by atoms with Gasteiger partial charge < -0.3 is 24.3 Å². The summed E-state index contributed by atoms with van der Waals surface area (Å²) in [5, 5.41) is 12.0. The monoisotopic (exact) mass is 284 g/mol. The second-order valence-corrected chi connectivity index (χ2v) is 5.72. The summed E-state index contributed by atoms with van der Waals surface area (Å²) < 4.78 is 22.5. The van der Waals surface area contributed by atoms with Crippen LogP contribution in [-0.4, -0.2) is 48.9 Å². The maximum Gasteiger partial charge on any atom is 0.218 e. The molecule has 1 amide bonds. The molecule has 2 aliphatic heterocycles. The third kappa shape index (κ3) is 2.52. The van der Waals surface area contributed by atoms with Crippen molar-refractivity contribution < 1.29 is 23.7 Å². The van der Waals surface area contributed by atoms with E-state index in [1.54, 1.807) is 20.8 Å². The molecule has 2 aliphatic rings. The molecule has 0 bridgehead atoms. The largest absolute Gasteiger partial charge is 0.353 e. The molecule has 0 spiro atoms. The Morgan fingerprint density at radius 3 is 2.50 bits per heavy atom. The van der Waals surface area contributed by atoms with E-state index in [9.17, 15) is 10.1 Å². The predicted octanol–water partition coefficient (Wildman–Crippen LogP) is 0.296. The molecule has 0 saturated carbocycles. The summed E-state index contributed by atoms with van der Waals surface area (Å²) in [6.45, 7) is 6.53. The van der Waals surface area contributed by atoms with Gasteiger partial charge in [-0.25, -0.2) is 0 Å². The number of nitriles is 1. The maximum atomic E-state index is 11.3. The second-order valence-electron chi connectivity index (χ2n) is 5.72. The summed E-state index contributed by atoms with van der Waals surface area (Å²) in [5.41, 5.74) is -1.22.